The van der Waals surface area contributed by atoms with Gasteiger partial charge in [0.15, 0.2) is 6.10 Å². The van der Waals surface area contributed by atoms with Gasteiger partial charge in [0.05, 0.1) is 0 Å². The van der Waals surface area contributed by atoms with E-state index in [2.05, 4.69) is 34.6 Å². The Kier molecular flexibility index (Phi) is 43.7. The summed E-state index contributed by atoms with van der Waals surface area (Å²) in [7, 11) is 0. The highest BCUT2D eigenvalue weighted by atomic mass is 16.6. The summed E-state index contributed by atoms with van der Waals surface area (Å²) in [4.78, 5) is 37.8. The van der Waals surface area contributed by atoms with Gasteiger partial charge >= 0.3 is 17.9 Å². The summed E-state index contributed by atoms with van der Waals surface area (Å²) in [6, 6.07) is 0. The van der Waals surface area contributed by atoms with Gasteiger partial charge in [0.1, 0.15) is 13.2 Å². The molecule has 0 aliphatic rings. The molecule has 0 radical (unpaired) electrons. The third-order valence-electron chi connectivity index (χ3n) is 11.7. The van der Waals surface area contributed by atoms with Crippen molar-refractivity contribution in [3.8, 4) is 0 Å². The molecular weight excluding hydrogens is 721 g/mol. The quantitative estimate of drug-likeness (QED) is 0.0346. The molecule has 1 atom stereocenters. The molecule has 344 valence electrons. The summed E-state index contributed by atoms with van der Waals surface area (Å²) >= 11 is 0. The van der Waals surface area contributed by atoms with E-state index in [1.807, 2.05) is 0 Å². The minimum absolute atomic E-state index is 0.0646. The summed E-state index contributed by atoms with van der Waals surface area (Å²) in [6.07, 6.45) is 45.4. The second kappa shape index (κ2) is 44.9. The maximum atomic E-state index is 12.8. The topological polar surface area (TPSA) is 78.9 Å². The largest absolute Gasteiger partial charge is 0.462 e. The first kappa shape index (κ1) is 56.4. The molecule has 0 bridgehead atoms. The molecule has 0 rings (SSSR count). The lowest BCUT2D eigenvalue weighted by Crippen LogP contribution is -2.30. The molecule has 0 amide bonds. The molecule has 0 aromatic carbocycles. The Morgan fingerprint density at radius 1 is 0.328 bits per heavy atom. The SMILES string of the molecule is CCCCCCCCCCCC(=O)OC[C@@H](COC(=O)CCCCCCCCCC(C)C)OC(=O)CCCCCCCCCCCCCCCCCCCCC(C)C. The van der Waals surface area contributed by atoms with Gasteiger partial charge in [0, 0.05) is 19.3 Å². The van der Waals surface area contributed by atoms with Gasteiger partial charge in [-0.05, 0) is 31.1 Å². The van der Waals surface area contributed by atoms with Crippen molar-refractivity contribution >= 4 is 17.9 Å². The number of carbonyl (C=O) groups excluding carboxylic acids is 3. The van der Waals surface area contributed by atoms with Gasteiger partial charge in [0.25, 0.3) is 0 Å². The van der Waals surface area contributed by atoms with E-state index in [1.165, 1.54) is 173 Å². The van der Waals surface area contributed by atoms with Gasteiger partial charge in [-0.25, -0.2) is 0 Å². The first-order valence-electron chi connectivity index (χ1n) is 25.7. The van der Waals surface area contributed by atoms with Crippen LogP contribution in [0.1, 0.15) is 285 Å². The van der Waals surface area contributed by atoms with Gasteiger partial charge in [-0.1, -0.05) is 247 Å². The van der Waals surface area contributed by atoms with E-state index in [9.17, 15) is 14.4 Å². The van der Waals surface area contributed by atoms with Crippen LogP contribution in [0.2, 0.25) is 0 Å². The van der Waals surface area contributed by atoms with E-state index < -0.39 is 6.10 Å². The van der Waals surface area contributed by atoms with Crippen LogP contribution in [0.3, 0.4) is 0 Å². The molecule has 58 heavy (non-hydrogen) atoms. The van der Waals surface area contributed by atoms with Crippen LogP contribution in [-0.4, -0.2) is 37.2 Å². The van der Waals surface area contributed by atoms with Gasteiger partial charge in [-0.15, -0.1) is 0 Å². The molecule has 0 saturated heterocycles. The van der Waals surface area contributed by atoms with E-state index in [4.69, 9.17) is 14.2 Å². The highest BCUT2D eigenvalue weighted by Gasteiger charge is 2.19. The Morgan fingerprint density at radius 2 is 0.569 bits per heavy atom. The summed E-state index contributed by atoms with van der Waals surface area (Å²) in [5.41, 5.74) is 0. The molecule has 0 spiro atoms. The molecule has 0 aliphatic carbocycles. The average molecular weight is 821 g/mol. The van der Waals surface area contributed by atoms with Crippen molar-refractivity contribution < 1.29 is 28.6 Å². The Bertz CT molecular complexity index is 885. The molecule has 0 unspecified atom stereocenters. The Balaban J connectivity index is 4.18. The Morgan fingerprint density at radius 3 is 0.845 bits per heavy atom. The van der Waals surface area contributed by atoms with Crippen LogP contribution in [0, 0.1) is 11.8 Å². The van der Waals surface area contributed by atoms with Crippen LogP contribution in [-0.2, 0) is 28.6 Å². The standard InChI is InChI=1S/C52H100O6/c1-6-7-8-9-10-21-27-32-37-42-50(53)56-45-49(46-57-51(54)43-38-33-29-24-26-31-36-41-48(4)5)58-52(55)44-39-34-28-23-20-18-16-14-12-11-13-15-17-19-22-25-30-35-40-47(2)3/h47-49H,6-46H2,1-5H3/t49-/m0/s1. The summed E-state index contributed by atoms with van der Waals surface area (Å²) in [6.45, 7) is 11.3. The van der Waals surface area contributed by atoms with Crippen LogP contribution >= 0.6 is 0 Å². The highest BCUT2D eigenvalue weighted by Crippen LogP contribution is 2.17. The zero-order valence-corrected chi connectivity index (χ0v) is 39.7. The van der Waals surface area contributed by atoms with Crippen LogP contribution in [0.15, 0.2) is 0 Å². The zero-order valence-electron chi connectivity index (χ0n) is 39.7. The molecule has 0 aromatic heterocycles. The molecule has 0 fully saturated rings. The monoisotopic (exact) mass is 821 g/mol. The Hall–Kier alpha value is -1.59. The average Bonchev–Trinajstić information content (AvgIpc) is 3.19. The normalized spacial score (nSPS) is 12.1. The van der Waals surface area contributed by atoms with Crippen LogP contribution < -0.4 is 0 Å². The van der Waals surface area contributed by atoms with E-state index in [-0.39, 0.29) is 31.1 Å². The van der Waals surface area contributed by atoms with E-state index in [0.29, 0.717) is 19.3 Å². The second-order valence-corrected chi connectivity index (χ2v) is 18.8. The van der Waals surface area contributed by atoms with E-state index in [0.717, 1.165) is 69.6 Å². The van der Waals surface area contributed by atoms with Crippen LogP contribution in [0.5, 0.6) is 0 Å². The number of hydrogen-bond acceptors (Lipinski definition) is 6. The van der Waals surface area contributed by atoms with Crippen molar-refractivity contribution in [2.75, 3.05) is 13.2 Å². The highest BCUT2D eigenvalue weighted by molar-refractivity contribution is 5.71. The fraction of sp³-hybridized carbons (Fsp3) is 0.942. The molecule has 6 heteroatoms. The van der Waals surface area contributed by atoms with Gasteiger partial charge in [-0.3, -0.25) is 14.4 Å². The minimum Gasteiger partial charge on any atom is -0.462 e. The first-order valence-corrected chi connectivity index (χ1v) is 25.7. The number of esters is 3. The molecule has 0 saturated carbocycles. The third kappa shape index (κ3) is 45.5. The molecule has 0 N–H and O–H groups in total. The summed E-state index contributed by atoms with van der Waals surface area (Å²) < 4.78 is 16.7. The number of rotatable bonds is 46. The smallest absolute Gasteiger partial charge is 0.306 e. The number of hydrogen-bond donors (Lipinski definition) is 0. The van der Waals surface area contributed by atoms with Gasteiger partial charge in [0.2, 0.25) is 0 Å². The molecule has 0 aliphatic heterocycles. The first-order chi connectivity index (χ1) is 28.2. The molecule has 0 aromatic rings. The number of carbonyl (C=O) groups is 3. The fourth-order valence-electron chi connectivity index (χ4n) is 7.81. The van der Waals surface area contributed by atoms with Crippen molar-refractivity contribution in [3.05, 3.63) is 0 Å². The lowest BCUT2D eigenvalue weighted by molar-refractivity contribution is -0.167. The Labute approximate surface area is 361 Å². The summed E-state index contributed by atoms with van der Waals surface area (Å²) in [5.74, 6) is 0.785. The van der Waals surface area contributed by atoms with Crippen molar-refractivity contribution in [3.63, 3.8) is 0 Å². The van der Waals surface area contributed by atoms with Crippen molar-refractivity contribution in [2.24, 2.45) is 11.8 Å². The van der Waals surface area contributed by atoms with Crippen LogP contribution in [0.4, 0.5) is 0 Å². The van der Waals surface area contributed by atoms with Gasteiger partial charge < -0.3 is 14.2 Å². The van der Waals surface area contributed by atoms with Crippen molar-refractivity contribution in [1.82, 2.24) is 0 Å². The molecular formula is C52H100O6. The maximum Gasteiger partial charge on any atom is 0.306 e. The van der Waals surface area contributed by atoms with Crippen molar-refractivity contribution in [2.45, 2.75) is 291 Å². The lowest BCUT2D eigenvalue weighted by Gasteiger charge is -2.18. The maximum absolute atomic E-state index is 12.8. The predicted octanol–water partition coefficient (Wildman–Crippen LogP) is 16.5. The summed E-state index contributed by atoms with van der Waals surface area (Å²) in [5, 5.41) is 0. The minimum atomic E-state index is -0.761. The third-order valence-corrected chi connectivity index (χ3v) is 11.7. The van der Waals surface area contributed by atoms with E-state index in [1.54, 1.807) is 0 Å². The molecule has 6 nitrogen and oxygen atoms in total. The lowest BCUT2D eigenvalue weighted by atomic mass is 10.0. The van der Waals surface area contributed by atoms with Crippen molar-refractivity contribution in [1.29, 1.82) is 0 Å². The number of ether oxygens (including phenoxy) is 3. The second-order valence-electron chi connectivity index (χ2n) is 18.8. The number of unbranched alkanes of at least 4 members (excludes halogenated alkanes) is 31. The zero-order chi connectivity index (χ0) is 42.6. The fourth-order valence-corrected chi connectivity index (χ4v) is 7.81. The predicted molar refractivity (Wildman–Crippen MR) is 247 cm³/mol. The van der Waals surface area contributed by atoms with E-state index >= 15 is 0 Å². The molecule has 0 heterocycles. The van der Waals surface area contributed by atoms with Crippen LogP contribution in [0.25, 0.3) is 0 Å². The van der Waals surface area contributed by atoms with Gasteiger partial charge in [-0.2, -0.15) is 0 Å².